The van der Waals surface area contributed by atoms with E-state index in [9.17, 15) is 14.9 Å². The van der Waals surface area contributed by atoms with Crippen LogP contribution in [0.2, 0.25) is 0 Å². The average Bonchev–Trinajstić information content (AvgIpc) is 2.47. The van der Waals surface area contributed by atoms with Gasteiger partial charge in [0.1, 0.15) is 6.10 Å². The maximum Gasteiger partial charge on any atom is 0.340 e. The summed E-state index contributed by atoms with van der Waals surface area (Å²) in [4.78, 5) is 22.3. The first kappa shape index (κ1) is 15.2. The minimum Gasteiger partial charge on any atom is -0.459 e. The SMILES string of the molecule is COC1CCCC(OC(=O)c2cc([N+](=O)[O-])ccc2N)C1. The Morgan fingerprint density at radius 3 is 2.76 bits per heavy atom. The molecule has 7 heteroatoms. The van der Waals surface area contributed by atoms with Crippen LogP contribution < -0.4 is 5.73 Å². The van der Waals surface area contributed by atoms with Crippen molar-refractivity contribution in [3.05, 3.63) is 33.9 Å². The number of ether oxygens (including phenoxy) is 2. The molecule has 0 amide bonds. The normalized spacial score (nSPS) is 21.8. The number of non-ortho nitro benzene ring substituents is 1. The molecule has 0 aliphatic heterocycles. The van der Waals surface area contributed by atoms with E-state index in [1.807, 2.05) is 0 Å². The quantitative estimate of drug-likeness (QED) is 0.395. The van der Waals surface area contributed by atoms with Gasteiger partial charge in [0.25, 0.3) is 5.69 Å². The monoisotopic (exact) mass is 294 g/mol. The first-order valence-electron chi connectivity index (χ1n) is 6.79. The third-order valence-electron chi connectivity index (χ3n) is 3.65. The van der Waals surface area contributed by atoms with Gasteiger partial charge in [-0.2, -0.15) is 0 Å². The molecular weight excluding hydrogens is 276 g/mol. The number of benzene rings is 1. The summed E-state index contributed by atoms with van der Waals surface area (Å²) in [6.45, 7) is 0. The molecule has 0 spiro atoms. The zero-order valence-corrected chi connectivity index (χ0v) is 11.8. The Balaban J connectivity index is 2.09. The number of carbonyl (C=O) groups is 1. The van der Waals surface area contributed by atoms with E-state index in [1.165, 1.54) is 12.1 Å². The molecule has 2 rings (SSSR count). The Hall–Kier alpha value is -2.15. The van der Waals surface area contributed by atoms with Gasteiger partial charge in [-0.05, 0) is 25.3 Å². The lowest BCUT2D eigenvalue weighted by atomic mass is 9.95. The molecule has 2 N–H and O–H groups in total. The lowest BCUT2D eigenvalue weighted by Gasteiger charge is -2.28. The fourth-order valence-corrected chi connectivity index (χ4v) is 2.47. The molecule has 2 unspecified atom stereocenters. The molecule has 21 heavy (non-hydrogen) atoms. The average molecular weight is 294 g/mol. The molecule has 0 bridgehead atoms. The van der Waals surface area contributed by atoms with E-state index in [0.717, 1.165) is 25.3 Å². The van der Waals surface area contributed by atoms with E-state index >= 15 is 0 Å². The third kappa shape index (κ3) is 3.69. The van der Waals surface area contributed by atoms with E-state index in [2.05, 4.69) is 0 Å². The van der Waals surface area contributed by atoms with Crippen LogP contribution in [0.5, 0.6) is 0 Å². The summed E-state index contributed by atoms with van der Waals surface area (Å²) < 4.78 is 10.7. The van der Waals surface area contributed by atoms with Crippen molar-refractivity contribution in [3.8, 4) is 0 Å². The summed E-state index contributed by atoms with van der Waals surface area (Å²) in [5.74, 6) is -0.627. The number of rotatable bonds is 4. The van der Waals surface area contributed by atoms with Gasteiger partial charge in [-0.15, -0.1) is 0 Å². The fraction of sp³-hybridized carbons (Fsp3) is 0.500. The molecule has 1 aromatic carbocycles. The lowest BCUT2D eigenvalue weighted by Crippen LogP contribution is -2.29. The second-order valence-electron chi connectivity index (χ2n) is 5.08. The first-order chi connectivity index (χ1) is 10.0. The van der Waals surface area contributed by atoms with Gasteiger partial charge in [0.05, 0.1) is 16.6 Å². The molecule has 0 heterocycles. The number of nitrogens with zero attached hydrogens (tertiary/aromatic N) is 1. The number of hydrogen-bond acceptors (Lipinski definition) is 6. The predicted molar refractivity (Wildman–Crippen MR) is 76.0 cm³/mol. The summed E-state index contributed by atoms with van der Waals surface area (Å²) in [7, 11) is 1.63. The largest absolute Gasteiger partial charge is 0.459 e. The summed E-state index contributed by atoms with van der Waals surface area (Å²) in [6, 6.07) is 3.75. The Morgan fingerprint density at radius 1 is 1.38 bits per heavy atom. The van der Waals surface area contributed by atoms with Crippen LogP contribution in [-0.2, 0) is 9.47 Å². The van der Waals surface area contributed by atoms with Crippen LogP contribution in [0.15, 0.2) is 18.2 Å². The zero-order valence-electron chi connectivity index (χ0n) is 11.8. The number of nitrogen functional groups attached to an aromatic ring is 1. The molecule has 0 saturated heterocycles. The molecule has 2 atom stereocenters. The van der Waals surface area contributed by atoms with Gasteiger partial charge < -0.3 is 15.2 Å². The summed E-state index contributed by atoms with van der Waals surface area (Å²) in [6.07, 6.45) is 3.11. The molecule has 0 aromatic heterocycles. The molecule has 1 fully saturated rings. The summed E-state index contributed by atoms with van der Waals surface area (Å²) in [5.41, 5.74) is 5.72. The number of hydrogen-bond donors (Lipinski definition) is 1. The van der Waals surface area contributed by atoms with E-state index < -0.39 is 10.9 Å². The molecule has 7 nitrogen and oxygen atoms in total. The lowest BCUT2D eigenvalue weighted by molar-refractivity contribution is -0.384. The molecule has 0 radical (unpaired) electrons. The van der Waals surface area contributed by atoms with E-state index in [4.69, 9.17) is 15.2 Å². The fourth-order valence-electron chi connectivity index (χ4n) is 2.47. The number of esters is 1. The minimum absolute atomic E-state index is 0.0312. The van der Waals surface area contributed by atoms with E-state index in [0.29, 0.717) is 6.42 Å². The highest BCUT2D eigenvalue weighted by Crippen LogP contribution is 2.26. The van der Waals surface area contributed by atoms with Crippen LogP contribution in [0.1, 0.15) is 36.0 Å². The maximum absolute atomic E-state index is 12.1. The van der Waals surface area contributed by atoms with Crippen LogP contribution >= 0.6 is 0 Å². The van der Waals surface area contributed by atoms with Crippen molar-refractivity contribution < 1.29 is 19.2 Å². The summed E-state index contributed by atoms with van der Waals surface area (Å²) >= 11 is 0. The van der Waals surface area contributed by atoms with Crippen molar-refractivity contribution in [3.63, 3.8) is 0 Å². The van der Waals surface area contributed by atoms with Gasteiger partial charge in [0.15, 0.2) is 0 Å². The second kappa shape index (κ2) is 6.53. The van der Waals surface area contributed by atoms with Crippen LogP contribution in [0.25, 0.3) is 0 Å². The van der Waals surface area contributed by atoms with Gasteiger partial charge in [0.2, 0.25) is 0 Å². The van der Waals surface area contributed by atoms with Crippen LogP contribution in [-0.4, -0.2) is 30.2 Å². The van der Waals surface area contributed by atoms with Crippen molar-refractivity contribution in [2.75, 3.05) is 12.8 Å². The predicted octanol–water partition coefficient (Wildman–Crippen LogP) is 2.29. The van der Waals surface area contributed by atoms with Gasteiger partial charge in [-0.1, -0.05) is 0 Å². The highest BCUT2D eigenvalue weighted by Gasteiger charge is 2.26. The van der Waals surface area contributed by atoms with Crippen molar-refractivity contribution in [1.82, 2.24) is 0 Å². The number of nitrogens with two attached hydrogens (primary N) is 1. The zero-order chi connectivity index (χ0) is 15.4. The highest BCUT2D eigenvalue weighted by molar-refractivity contribution is 5.95. The van der Waals surface area contributed by atoms with Crippen molar-refractivity contribution in [2.45, 2.75) is 37.9 Å². The van der Waals surface area contributed by atoms with Gasteiger partial charge in [-0.3, -0.25) is 10.1 Å². The highest BCUT2D eigenvalue weighted by atomic mass is 16.6. The first-order valence-corrected chi connectivity index (χ1v) is 6.79. The smallest absolute Gasteiger partial charge is 0.340 e. The van der Waals surface area contributed by atoms with Crippen molar-refractivity contribution in [1.29, 1.82) is 0 Å². The van der Waals surface area contributed by atoms with Crippen LogP contribution in [0.4, 0.5) is 11.4 Å². The van der Waals surface area contributed by atoms with E-state index in [-0.39, 0.29) is 29.1 Å². The van der Waals surface area contributed by atoms with Crippen molar-refractivity contribution in [2.24, 2.45) is 0 Å². The molecule has 1 aliphatic rings. The molecular formula is C14H18N2O5. The minimum atomic E-state index is -0.627. The standard InChI is InChI=1S/C14H18N2O5/c1-20-10-3-2-4-11(8-10)21-14(17)12-7-9(16(18)19)5-6-13(12)15/h5-7,10-11H,2-4,8,15H2,1H3. The number of carbonyl (C=O) groups excluding carboxylic acids is 1. The molecule has 1 aromatic rings. The Bertz CT molecular complexity index is 546. The topological polar surface area (TPSA) is 105 Å². The molecule has 1 aliphatic carbocycles. The van der Waals surface area contributed by atoms with Crippen molar-refractivity contribution >= 4 is 17.3 Å². The second-order valence-corrected chi connectivity index (χ2v) is 5.08. The Labute approximate surface area is 122 Å². The van der Waals surface area contributed by atoms with Gasteiger partial charge in [-0.25, -0.2) is 4.79 Å². The number of nitro groups is 1. The number of nitro benzene ring substituents is 1. The van der Waals surface area contributed by atoms with E-state index in [1.54, 1.807) is 7.11 Å². The Morgan fingerprint density at radius 2 is 2.10 bits per heavy atom. The van der Waals surface area contributed by atoms with Gasteiger partial charge >= 0.3 is 5.97 Å². The third-order valence-corrected chi connectivity index (χ3v) is 3.65. The molecule has 114 valence electrons. The Kier molecular flexibility index (Phi) is 4.74. The number of anilines is 1. The molecule has 1 saturated carbocycles. The maximum atomic E-state index is 12.1. The van der Waals surface area contributed by atoms with Gasteiger partial charge in [0, 0.05) is 31.4 Å². The number of methoxy groups -OCH3 is 1. The van der Waals surface area contributed by atoms with Crippen LogP contribution in [0.3, 0.4) is 0 Å². The summed E-state index contributed by atoms with van der Waals surface area (Å²) in [5, 5.41) is 10.8. The van der Waals surface area contributed by atoms with Crippen LogP contribution in [0, 0.1) is 10.1 Å².